The molecule has 0 fully saturated rings. The lowest BCUT2D eigenvalue weighted by Crippen LogP contribution is -2.36. The van der Waals surface area contributed by atoms with Crippen LogP contribution in [0.25, 0.3) is 0 Å². The predicted octanol–water partition coefficient (Wildman–Crippen LogP) is 3.61. The third-order valence-corrected chi connectivity index (χ3v) is 3.92. The van der Waals surface area contributed by atoms with Crippen molar-refractivity contribution in [3.8, 4) is 17.2 Å². The maximum Gasteiger partial charge on any atom is 0.260 e. The van der Waals surface area contributed by atoms with Gasteiger partial charge in [-0.15, -0.1) is 0 Å². The molecule has 0 saturated heterocycles. The molecule has 2 aromatic rings. The van der Waals surface area contributed by atoms with E-state index in [1.54, 1.807) is 26.2 Å². The molecule has 1 N–H and O–H groups in total. The molecule has 0 radical (unpaired) electrons. The van der Waals surface area contributed by atoms with Gasteiger partial charge in [0.1, 0.15) is 17.2 Å². The first-order chi connectivity index (χ1) is 12.6. The lowest BCUT2D eigenvalue weighted by atomic mass is 10.1. The maximum atomic E-state index is 12.2. The average molecular weight is 357 g/mol. The van der Waals surface area contributed by atoms with E-state index in [4.69, 9.17) is 14.2 Å². The summed E-state index contributed by atoms with van der Waals surface area (Å²) in [5.41, 5.74) is 1.16. The second-order valence-electron chi connectivity index (χ2n) is 5.87. The number of benzene rings is 2. The van der Waals surface area contributed by atoms with Crippen molar-refractivity contribution in [1.82, 2.24) is 5.32 Å². The number of carbonyl (C=O) groups excluding carboxylic acids is 1. The molecule has 140 valence electrons. The molecule has 26 heavy (non-hydrogen) atoms. The molecule has 1 amide bonds. The van der Waals surface area contributed by atoms with Crippen LogP contribution in [-0.2, 0) is 11.2 Å². The fraction of sp³-hybridized carbons (Fsp3) is 0.381. The minimum absolute atomic E-state index is 0.133. The van der Waals surface area contributed by atoms with Gasteiger partial charge < -0.3 is 19.5 Å². The van der Waals surface area contributed by atoms with Crippen molar-refractivity contribution in [3.05, 3.63) is 54.1 Å². The molecule has 0 aliphatic heterocycles. The van der Waals surface area contributed by atoms with Gasteiger partial charge >= 0.3 is 0 Å². The smallest absolute Gasteiger partial charge is 0.260 e. The van der Waals surface area contributed by atoms with Gasteiger partial charge in [0.15, 0.2) is 6.10 Å². The van der Waals surface area contributed by atoms with Gasteiger partial charge in [-0.2, -0.15) is 0 Å². The van der Waals surface area contributed by atoms with Crippen molar-refractivity contribution >= 4 is 5.91 Å². The van der Waals surface area contributed by atoms with Gasteiger partial charge in [-0.25, -0.2) is 0 Å². The van der Waals surface area contributed by atoms with Crippen molar-refractivity contribution in [3.63, 3.8) is 0 Å². The Morgan fingerprint density at radius 3 is 2.65 bits per heavy atom. The van der Waals surface area contributed by atoms with Crippen LogP contribution in [0.15, 0.2) is 48.5 Å². The molecule has 0 aromatic heterocycles. The van der Waals surface area contributed by atoms with Crippen molar-refractivity contribution in [2.24, 2.45) is 0 Å². The first kappa shape index (κ1) is 19.6. The fourth-order valence-corrected chi connectivity index (χ4v) is 2.57. The Bertz CT molecular complexity index is 702. The maximum absolute atomic E-state index is 12.2. The number of nitrogens with one attached hydrogen (secondary N) is 1. The van der Waals surface area contributed by atoms with Crippen molar-refractivity contribution in [2.75, 3.05) is 20.3 Å². The van der Waals surface area contributed by atoms with Crippen LogP contribution in [0, 0.1) is 0 Å². The van der Waals surface area contributed by atoms with Gasteiger partial charge in [0.25, 0.3) is 5.91 Å². The normalized spacial score (nSPS) is 11.5. The van der Waals surface area contributed by atoms with E-state index < -0.39 is 6.10 Å². The number of amides is 1. The topological polar surface area (TPSA) is 56.8 Å². The van der Waals surface area contributed by atoms with E-state index in [2.05, 4.69) is 11.4 Å². The highest BCUT2D eigenvalue weighted by atomic mass is 16.5. The Morgan fingerprint density at radius 2 is 1.88 bits per heavy atom. The van der Waals surface area contributed by atoms with E-state index >= 15 is 0 Å². The van der Waals surface area contributed by atoms with E-state index in [-0.39, 0.29) is 5.91 Å². The summed E-state index contributed by atoms with van der Waals surface area (Å²) in [4.78, 5) is 12.2. The average Bonchev–Trinajstić information content (AvgIpc) is 2.66. The van der Waals surface area contributed by atoms with Crippen LogP contribution in [-0.4, -0.2) is 32.3 Å². The summed E-state index contributed by atoms with van der Waals surface area (Å²) in [7, 11) is 1.60. The minimum atomic E-state index is -0.571. The summed E-state index contributed by atoms with van der Waals surface area (Å²) < 4.78 is 16.4. The lowest BCUT2D eigenvalue weighted by Gasteiger charge is -2.15. The lowest BCUT2D eigenvalue weighted by molar-refractivity contribution is -0.127. The summed E-state index contributed by atoms with van der Waals surface area (Å²) in [5, 5.41) is 2.92. The molecule has 0 aliphatic carbocycles. The Morgan fingerprint density at radius 1 is 1.12 bits per heavy atom. The summed E-state index contributed by atoms with van der Waals surface area (Å²) in [6.07, 6.45) is 1.11. The quantitative estimate of drug-likeness (QED) is 0.660. The van der Waals surface area contributed by atoms with Crippen molar-refractivity contribution in [2.45, 2.75) is 32.8 Å². The zero-order chi connectivity index (χ0) is 18.8. The number of carbonyl (C=O) groups is 1. The van der Waals surface area contributed by atoms with Crippen LogP contribution in [0.4, 0.5) is 0 Å². The number of ether oxygens (including phenoxy) is 3. The van der Waals surface area contributed by atoms with Gasteiger partial charge in [-0.3, -0.25) is 4.79 Å². The number of rotatable bonds is 10. The molecule has 1 unspecified atom stereocenters. The fourth-order valence-electron chi connectivity index (χ4n) is 2.57. The monoisotopic (exact) mass is 357 g/mol. The molecule has 0 aliphatic rings. The first-order valence-electron chi connectivity index (χ1n) is 8.93. The molecular formula is C21H27NO4. The minimum Gasteiger partial charge on any atom is -0.497 e. The van der Waals surface area contributed by atoms with E-state index in [1.807, 2.05) is 37.3 Å². The number of methoxy groups -OCH3 is 1. The van der Waals surface area contributed by atoms with Gasteiger partial charge in [0.05, 0.1) is 13.7 Å². The zero-order valence-electron chi connectivity index (χ0n) is 15.7. The van der Waals surface area contributed by atoms with E-state index in [0.29, 0.717) is 24.7 Å². The Hall–Kier alpha value is -2.69. The van der Waals surface area contributed by atoms with Crippen LogP contribution in [0.5, 0.6) is 17.2 Å². The molecule has 0 spiro atoms. The van der Waals surface area contributed by atoms with Crippen LogP contribution in [0.2, 0.25) is 0 Å². The van der Waals surface area contributed by atoms with Gasteiger partial charge in [0.2, 0.25) is 0 Å². The number of hydrogen-bond donors (Lipinski definition) is 1. The highest BCUT2D eigenvalue weighted by Gasteiger charge is 2.14. The SMILES string of the molecule is CCOc1ccccc1CCCNC(=O)C(C)Oc1cccc(OC)c1. The first-order valence-corrected chi connectivity index (χ1v) is 8.93. The molecule has 2 aromatic carbocycles. The van der Waals surface area contributed by atoms with Crippen molar-refractivity contribution in [1.29, 1.82) is 0 Å². The summed E-state index contributed by atoms with van der Waals surface area (Å²) >= 11 is 0. The van der Waals surface area contributed by atoms with Gasteiger partial charge in [-0.05, 0) is 50.5 Å². The predicted molar refractivity (Wildman–Crippen MR) is 102 cm³/mol. The van der Waals surface area contributed by atoms with Gasteiger partial charge in [-0.1, -0.05) is 24.3 Å². The second kappa shape index (κ2) is 10.3. The number of hydrogen-bond acceptors (Lipinski definition) is 4. The summed E-state index contributed by atoms with van der Waals surface area (Å²) in [5.74, 6) is 2.09. The largest absolute Gasteiger partial charge is 0.497 e. The summed E-state index contributed by atoms with van der Waals surface area (Å²) in [6, 6.07) is 15.2. The van der Waals surface area contributed by atoms with E-state index in [0.717, 1.165) is 24.2 Å². The standard InChI is InChI=1S/C21H27NO4/c1-4-25-20-13-6-5-9-17(20)10-8-14-22-21(23)16(2)26-19-12-7-11-18(15-19)24-3/h5-7,9,11-13,15-16H,4,8,10,14H2,1-3H3,(H,22,23). The third kappa shape index (κ3) is 5.99. The van der Waals surface area contributed by atoms with Gasteiger partial charge in [0, 0.05) is 12.6 Å². The Kier molecular flexibility index (Phi) is 7.80. The molecule has 0 heterocycles. The highest BCUT2D eigenvalue weighted by molar-refractivity contribution is 5.80. The van der Waals surface area contributed by atoms with Crippen LogP contribution in [0.3, 0.4) is 0 Å². The Labute approximate surface area is 155 Å². The second-order valence-corrected chi connectivity index (χ2v) is 5.87. The molecule has 1 atom stereocenters. The highest BCUT2D eigenvalue weighted by Crippen LogP contribution is 2.20. The van der Waals surface area contributed by atoms with Crippen LogP contribution < -0.4 is 19.5 Å². The molecule has 0 saturated carbocycles. The Balaban J connectivity index is 1.76. The van der Waals surface area contributed by atoms with Crippen LogP contribution >= 0.6 is 0 Å². The van der Waals surface area contributed by atoms with E-state index in [1.165, 1.54) is 0 Å². The van der Waals surface area contributed by atoms with Crippen LogP contribution in [0.1, 0.15) is 25.8 Å². The molecule has 5 nitrogen and oxygen atoms in total. The molecular weight excluding hydrogens is 330 g/mol. The van der Waals surface area contributed by atoms with Crippen molar-refractivity contribution < 1.29 is 19.0 Å². The molecule has 0 bridgehead atoms. The van der Waals surface area contributed by atoms with E-state index in [9.17, 15) is 4.79 Å². The molecule has 5 heteroatoms. The molecule has 2 rings (SSSR count). The number of para-hydroxylation sites is 1. The number of aryl methyl sites for hydroxylation is 1. The summed E-state index contributed by atoms with van der Waals surface area (Å²) in [6.45, 7) is 4.94. The third-order valence-electron chi connectivity index (χ3n) is 3.92. The zero-order valence-corrected chi connectivity index (χ0v) is 15.7.